The molecule has 112 valence electrons. The first-order chi connectivity index (χ1) is 9.72. The third-order valence-electron chi connectivity index (χ3n) is 2.65. The highest BCUT2D eigenvalue weighted by molar-refractivity contribution is 5.99. The Morgan fingerprint density at radius 3 is 1.76 bits per heavy atom. The van der Waals surface area contributed by atoms with E-state index in [1.54, 1.807) is 0 Å². The summed E-state index contributed by atoms with van der Waals surface area (Å²) in [6.07, 6.45) is -0.348. The minimum atomic E-state index is -1.35. The topological polar surface area (TPSA) is 132 Å². The molecule has 0 saturated carbocycles. The fraction of sp³-hybridized carbons (Fsp3) is 0.231. The Bertz CT molecular complexity index is 576. The summed E-state index contributed by atoms with van der Waals surface area (Å²) in [5, 5.41) is 26.6. The lowest BCUT2D eigenvalue weighted by Gasteiger charge is -2.21. The summed E-state index contributed by atoms with van der Waals surface area (Å²) >= 11 is 0. The number of carbonyl (C=O) groups excluding carboxylic acids is 1. The fourth-order valence-corrected chi connectivity index (χ4v) is 1.69. The van der Waals surface area contributed by atoms with Crippen LogP contribution < -0.4 is 4.90 Å². The van der Waals surface area contributed by atoms with Crippen molar-refractivity contribution in [3.63, 3.8) is 0 Å². The maximum absolute atomic E-state index is 11.6. The van der Waals surface area contributed by atoms with E-state index in [2.05, 4.69) is 0 Å². The molecule has 1 aromatic carbocycles. The molecule has 8 heteroatoms. The largest absolute Gasteiger partial charge is 0.481 e. The van der Waals surface area contributed by atoms with Crippen molar-refractivity contribution in [2.45, 2.75) is 13.3 Å². The van der Waals surface area contributed by atoms with Crippen LogP contribution in [0.1, 0.15) is 34.1 Å². The van der Waals surface area contributed by atoms with Crippen molar-refractivity contribution in [1.82, 2.24) is 0 Å². The zero-order valence-corrected chi connectivity index (χ0v) is 11.1. The number of rotatable bonds is 6. The molecule has 0 saturated heterocycles. The van der Waals surface area contributed by atoms with Gasteiger partial charge in [-0.15, -0.1) is 0 Å². The summed E-state index contributed by atoms with van der Waals surface area (Å²) in [4.78, 5) is 45.2. The van der Waals surface area contributed by atoms with Crippen molar-refractivity contribution in [1.29, 1.82) is 0 Å². The van der Waals surface area contributed by atoms with Crippen molar-refractivity contribution in [2.24, 2.45) is 0 Å². The Morgan fingerprint density at radius 2 is 1.43 bits per heavy atom. The highest BCUT2D eigenvalue weighted by Gasteiger charge is 2.18. The van der Waals surface area contributed by atoms with E-state index >= 15 is 0 Å². The number of benzene rings is 1. The maximum atomic E-state index is 11.6. The molecule has 0 unspecified atom stereocenters. The third-order valence-corrected chi connectivity index (χ3v) is 2.65. The minimum absolute atomic E-state index is 0.0288. The number of nitrogens with zero attached hydrogens (tertiary/aromatic N) is 1. The zero-order chi connectivity index (χ0) is 16.2. The molecule has 1 rings (SSSR count). The molecule has 0 atom stereocenters. The number of carboxylic acids is 3. The van der Waals surface area contributed by atoms with Crippen molar-refractivity contribution in [3.05, 3.63) is 29.3 Å². The van der Waals surface area contributed by atoms with E-state index in [0.29, 0.717) is 0 Å². The van der Waals surface area contributed by atoms with E-state index in [1.165, 1.54) is 6.92 Å². The van der Waals surface area contributed by atoms with Crippen molar-refractivity contribution in [3.8, 4) is 0 Å². The summed E-state index contributed by atoms with van der Waals surface area (Å²) in [6, 6.07) is 3.21. The van der Waals surface area contributed by atoms with Crippen LogP contribution in [0.3, 0.4) is 0 Å². The number of carbonyl (C=O) groups is 4. The van der Waals surface area contributed by atoms with E-state index in [-0.39, 0.29) is 29.8 Å². The molecule has 0 radical (unpaired) electrons. The summed E-state index contributed by atoms with van der Waals surface area (Å²) < 4.78 is 0. The quantitative estimate of drug-likeness (QED) is 0.710. The monoisotopic (exact) mass is 295 g/mol. The van der Waals surface area contributed by atoms with Gasteiger partial charge in [-0.1, -0.05) is 0 Å². The van der Waals surface area contributed by atoms with Gasteiger partial charge in [0.05, 0.1) is 17.5 Å². The molecule has 3 N–H and O–H groups in total. The first-order valence-corrected chi connectivity index (χ1v) is 5.84. The number of carboxylic acid groups (broad SMARTS) is 3. The predicted octanol–water partition coefficient (Wildman–Crippen LogP) is 0.911. The second-order valence-corrected chi connectivity index (χ2v) is 4.19. The van der Waals surface area contributed by atoms with Crippen LogP contribution in [0.4, 0.5) is 5.69 Å². The van der Waals surface area contributed by atoms with Crippen LogP contribution in [-0.4, -0.2) is 45.7 Å². The predicted molar refractivity (Wildman–Crippen MR) is 70.6 cm³/mol. The second-order valence-electron chi connectivity index (χ2n) is 4.19. The Morgan fingerprint density at radius 1 is 0.952 bits per heavy atom. The molecule has 0 spiro atoms. The van der Waals surface area contributed by atoms with Gasteiger partial charge in [0.1, 0.15) is 0 Å². The number of aliphatic carboxylic acids is 1. The molecule has 1 aromatic rings. The van der Waals surface area contributed by atoms with Gasteiger partial charge in [0.2, 0.25) is 5.91 Å². The lowest BCUT2D eigenvalue weighted by atomic mass is 10.1. The van der Waals surface area contributed by atoms with Crippen LogP contribution in [0, 0.1) is 0 Å². The highest BCUT2D eigenvalue weighted by atomic mass is 16.4. The van der Waals surface area contributed by atoms with Crippen LogP contribution in [0.2, 0.25) is 0 Å². The number of hydrogen-bond acceptors (Lipinski definition) is 4. The first-order valence-electron chi connectivity index (χ1n) is 5.84. The molecule has 21 heavy (non-hydrogen) atoms. The number of aromatic carboxylic acids is 2. The minimum Gasteiger partial charge on any atom is -0.481 e. The average Bonchev–Trinajstić information content (AvgIpc) is 2.37. The van der Waals surface area contributed by atoms with E-state index in [4.69, 9.17) is 15.3 Å². The van der Waals surface area contributed by atoms with Gasteiger partial charge in [-0.3, -0.25) is 9.59 Å². The average molecular weight is 295 g/mol. The van der Waals surface area contributed by atoms with Crippen LogP contribution in [0.15, 0.2) is 18.2 Å². The third kappa shape index (κ3) is 4.30. The molecular formula is C13H13NO7. The summed E-state index contributed by atoms with van der Waals surface area (Å²) in [5.74, 6) is -4.34. The molecule has 8 nitrogen and oxygen atoms in total. The maximum Gasteiger partial charge on any atom is 0.335 e. The Kier molecular flexibility index (Phi) is 5.01. The molecule has 0 bridgehead atoms. The summed E-state index contributed by atoms with van der Waals surface area (Å²) in [6.45, 7) is 0.989. The number of amides is 1. The van der Waals surface area contributed by atoms with Crippen LogP contribution >= 0.6 is 0 Å². The van der Waals surface area contributed by atoms with Gasteiger partial charge in [-0.05, 0) is 18.2 Å². The number of anilines is 1. The van der Waals surface area contributed by atoms with Gasteiger partial charge >= 0.3 is 17.9 Å². The standard InChI is InChI=1S/C13H13NO7/c1-7(15)14(3-2-11(16)17)10-5-8(12(18)19)4-9(6-10)13(20)21/h4-6H,2-3H2,1H3,(H,16,17)(H,18,19)(H,20,21). The molecule has 0 aliphatic heterocycles. The first kappa shape index (κ1) is 16.2. The van der Waals surface area contributed by atoms with E-state index in [0.717, 1.165) is 23.1 Å². The SMILES string of the molecule is CC(=O)N(CCC(=O)O)c1cc(C(=O)O)cc(C(=O)O)c1. The van der Waals surface area contributed by atoms with Gasteiger partial charge in [0.25, 0.3) is 0 Å². The van der Waals surface area contributed by atoms with Crippen LogP contribution in [0.5, 0.6) is 0 Å². The van der Waals surface area contributed by atoms with Gasteiger partial charge in [0, 0.05) is 19.2 Å². The molecule has 0 aliphatic carbocycles. The molecule has 1 amide bonds. The molecule has 0 aromatic heterocycles. The molecular weight excluding hydrogens is 282 g/mol. The van der Waals surface area contributed by atoms with E-state index in [9.17, 15) is 19.2 Å². The van der Waals surface area contributed by atoms with Gasteiger partial charge < -0.3 is 20.2 Å². The second kappa shape index (κ2) is 6.51. The lowest BCUT2D eigenvalue weighted by Crippen LogP contribution is -2.31. The van der Waals surface area contributed by atoms with Gasteiger partial charge in [-0.2, -0.15) is 0 Å². The summed E-state index contributed by atoms with van der Waals surface area (Å²) in [5.41, 5.74) is -0.570. The lowest BCUT2D eigenvalue weighted by molar-refractivity contribution is -0.136. The van der Waals surface area contributed by atoms with Crippen molar-refractivity contribution < 1.29 is 34.5 Å². The Balaban J connectivity index is 3.29. The fourth-order valence-electron chi connectivity index (χ4n) is 1.69. The van der Waals surface area contributed by atoms with E-state index in [1.807, 2.05) is 0 Å². The number of hydrogen-bond donors (Lipinski definition) is 3. The Labute approximate surface area is 119 Å². The Hall–Kier alpha value is -2.90. The van der Waals surface area contributed by atoms with Crippen molar-refractivity contribution >= 4 is 29.5 Å². The van der Waals surface area contributed by atoms with Crippen LogP contribution in [0.25, 0.3) is 0 Å². The smallest absolute Gasteiger partial charge is 0.335 e. The molecule has 0 heterocycles. The highest BCUT2D eigenvalue weighted by Crippen LogP contribution is 2.20. The summed E-state index contributed by atoms with van der Waals surface area (Å²) in [7, 11) is 0. The van der Waals surface area contributed by atoms with Gasteiger partial charge in [-0.25, -0.2) is 9.59 Å². The van der Waals surface area contributed by atoms with E-state index < -0.39 is 23.8 Å². The molecule has 0 aliphatic rings. The van der Waals surface area contributed by atoms with Crippen LogP contribution in [-0.2, 0) is 9.59 Å². The normalized spacial score (nSPS) is 9.95. The molecule has 0 fully saturated rings. The van der Waals surface area contributed by atoms with Gasteiger partial charge in [0.15, 0.2) is 0 Å². The van der Waals surface area contributed by atoms with Crippen molar-refractivity contribution in [2.75, 3.05) is 11.4 Å². The zero-order valence-electron chi connectivity index (χ0n) is 11.1.